The number of halogens is 1. The molecule has 1 aromatic heterocycles. The van der Waals surface area contributed by atoms with Crippen LogP contribution < -0.4 is 11.3 Å². The van der Waals surface area contributed by atoms with Gasteiger partial charge in [0.15, 0.2) is 0 Å². The summed E-state index contributed by atoms with van der Waals surface area (Å²) >= 11 is 6.23. The van der Waals surface area contributed by atoms with Crippen LogP contribution >= 0.6 is 11.6 Å². The number of para-hydroxylation sites is 1. The van der Waals surface area contributed by atoms with Crippen molar-refractivity contribution in [2.75, 3.05) is 14.1 Å². The van der Waals surface area contributed by atoms with Crippen molar-refractivity contribution in [2.24, 2.45) is 5.73 Å². The number of hydrogen-bond donors (Lipinski definition) is 1. The standard InChI is InChI=1S/C19H19ClN4O2/c1-23(2)16(25)11-14(21)18-22-15-10-6-9-13(20)17(15)19(26)24(18)12-7-4-3-5-8-12/h3-10,14H,11,21H2,1-2H3/t14-/m0/s1. The minimum atomic E-state index is -0.735. The zero-order valence-corrected chi connectivity index (χ0v) is 15.3. The molecule has 3 rings (SSSR count). The number of nitrogens with two attached hydrogens (primary N) is 1. The van der Waals surface area contributed by atoms with Gasteiger partial charge in [0.1, 0.15) is 5.82 Å². The smallest absolute Gasteiger partial charge is 0.267 e. The number of fused-ring (bicyclic) bond motifs is 1. The topological polar surface area (TPSA) is 81.2 Å². The molecule has 0 unspecified atom stereocenters. The molecule has 0 radical (unpaired) electrons. The summed E-state index contributed by atoms with van der Waals surface area (Å²) in [6.07, 6.45) is 0.0400. The number of carbonyl (C=O) groups excluding carboxylic acids is 1. The predicted octanol–water partition coefficient (Wildman–Crippen LogP) is 2.52. The van der Waals surface area contributed by atoms with Gasteiger partial charge in [0.05, 0.1) is 27.7 Å². The van der Waals surface area contributed by atoms with Crippen molar-refractivity contribution in [1.82, 2.24) is 14.5 Å². The molecule has 1 amide bonds. The van der Waals surface area contributed by atoms with E-state index in [1.165, 1.54) is 9.47 Å². The summed E-state index contributed by atoms with van der Waals surface area (Å²) in [5, 5.41) is 0.655. The Kier molecular flexibility index (Phi) is 5.06. The summed E-state index contributed by atoms with van der Waals surface area (Å²) in [6.45, 7) is 0. The zero-order valence-electron chi connectivity index (χ0n) is 14.5. The van der Waals surface area contributed by atoms with Gasteiger partial charge in [-0.25, -0.2) is 4.98 Å². The zero-order chi connectivity index (χ0) is 18.8. The molecule has 7 heteroatoms. The highest BCUT2D eigenvalue weighted by molar-refractivity contribution is 6.35. The molecule has 2 aromatic carbocycles. The Morgan fingerprint density at radius 3 is 2.54 bits per heavy atom. The van der Waals surface area contributed by atoms with Crippen LogP contribution in [-0.4, -0.2) is 34.5 Å². The molecule has 0 bridgehead atoms. The Hall–Kier alpha value is -2.70. The summed E-state index contributed by atoms with van der Waals surface area (Å²) < 4.78 is 1.43. The first kappa shape index (κ1) is 18.1. The highest BCUT2D eigenvalue weighted by Gasteiger charge is 2.22. The lowest BCUT2D eigenvalue weighted by Crippen LogP contribution is -2.32. The van der Waals surface area contributed by atoms with Crippen LogP contribution in [0.2, 0.25) is 5.02 Å². The molecule has 26 heavy (non-hydrogen) atoms. The van der Waals surface area contributed by atoms with Crippen LogP contribution in [0.15, 0.2) is 53.3 Å². The fourth-order valence-electron chi connectivity index (χ4n) is 2.74. The lowest BCUT2D eigenvalue weighted by Gasteiger charge is -2.20. The Morgan fingerprint density at radius 2 is 1.88 bits per heavy atom. The first-order chi connectivity index (χ1) is 12.4. The van der Waals surface area contributed by atoms with E-state index in [1.807, 2.05) is 18.2 Å². The van der Waals surface area contributed by atoms with Gasteiger partial charge in [0, 0.05) is 20.5 Å². The fraction of sp³-hybridized carbons (Fsp3) is 0.211. The number of amides is 1. The summed E-state index contributed by atoms with van der Waals surface area (Å²) in [7, 11) is 3.32. The quantitative estimate of drug-likeness (QED) is 0.765. The van der Waals surface area contributed by atoms with Gasteiger partial charge < -0.3 is 10.6 Å². The van der Waals surface area contributed by atoms with Crippen LogP contribution in [0.3, 0.4) is 0 Å². The van der Waals surface area contributed by atoms with E-state index >= 15 is 0 Å². The van der Waals surface area contributed by atoms with Gasteiger partial charge in [-0.3, -0.25) is 14.2 Å². The van der Waals surface area contributed by atoms with E-state index < -0.39 is 6.04 Å². The van der Waals surface area contributed by atoms with Crippen LogP contribution in [-0.2, 0) is 4.79 Å². The second-order valence-electron chi connectivity index (χ2n) is 6.18. The van der Waals surface area contributed by atoms with Gasteiger partial charge in [-0.2, -0.15) is 0 Å². The Bertz CT molecular complexity index is 1020. The lowest BCUT2D eigenvalue weighted by molar-refractivity contribution is -0.129. The molecule has 0 aliphatic carbocycles. The number of hydrogen-bond acceptors (Lipinski definition) is 4. The van der Waals surface area contributed by atoms with Gasteiger partial charge in [-0.05, 0) is 24.3 Å². The average molecular weight is 371 g/mol. The van der Waals surface area contributed by atoms with E-state index in [-0.39, 0.29) is 17.9 Å². The maximum Gasteiger partial charge on any atom is 0.267 e. The maximum atomic E-state index is 13.2. The molecular weight excluding hydrogens is 352 g/mol. The highest BCUT2D eigenvalue weighted by Crippen LogP contribution is 2.23. The Balaban J connectivity index is 2.27. The van der Waals surface area contributed by atoms with E-state index in [2.05, 4.69) is 4.98 Å². The maximum absolute atomic E-state index is 13.2. The highest BCUT2D eigenvalue weighted by atomic mass is 35.5. The normalized spacial score (nSPS) is 12.2. The van der Waals surface area contributed by atoms with Gasteiger partial charge >= 0.3 is 0 Å². The van der Waals surface area contributed by atoms with E-state index in [4.69, 9.17) is 17.3 Å². The van der Waals surface area contributed by atoms with Crippen molar-refractivity contribution in [3.63, 3.8) is 0 Å². The molecular formula is C19H19ClN4O2. The summed E-state index contributed by atoms with van der Waals surface area (Å²) in [5.41, 5.74) is 7.03. The molecule has 0 spiro atoms. The first-order valence-electron chi connectivity index (χ1n) is 8.12. The van der Waals surface area contributed by atoms with Gasteiger partial charge in [0.2, 0.25) is 5.91 Å². The molecule has 2 N–H and O–H groups in total. The molecule has 1 atom stereocenters. The third-order valence-corrected chi connectivity index (χ3v) is 4.43. The van der Waals surface area contributed by atoms with Crippen LogP contribution in [0, 0.1) is 0 Å². The minimum absolute atomic E-state index is 0.0400. The summed E-state index contributed by atoms with van der Waals surface area (Å²) in [6, 6.07) is 13.4. The minimum Gasteiger partial charge on any atom is -0.349 e. The number of rotatable bonds is 4. The predicted molar refractivity (Wildman–Crippen MR) is 103 cm³/mol. The molecule has 1 heterocycles. The van der Waals surface area contributed by atoms with Gasteiger partial charge in [-0.15, -0.1) is 0 Å². The monoisotopic (exact) mass is 370 g/mol. The fourth-order valence-corrected chi connectivity index (χ4v) is 2.99. The first-order valence-corrected chi connectivity index (χ1v) is 8.50. The molecule has 134 valence electrons. The molecule has 0 fully saturated rings. The van der Waals surface area contributed by atoms with Crippen LogP contribution in [0.4, 0.5) is 0 Å². The molecule has 6 nitrogen and oxygen atoms in total. The van der Waals surface area contributed by atoms with E-state index in [9.17, 15) is 9.59 Å². The Labute approximate surface area is 155 Å². The van der Waals surface area contributed by atoms with Gasteiger partial charge in [-0.1, -0.05) is 35.9 Å². The second kappa shape index (κ2) is 7.27. The van der Waals surface area contributed by atoms with Crippen molar-refractivity contribution in [3.8, 4) is 5.69 Å². The number of nitrogens with zero attached hydrogens (tertiary/aromatic N) is 3. The molecule has 3 aromatic rings. The van der Waals surface area contributed by atoms with Crippen molar-refractivity contribution >= 4 is 28.4 Å². The van der Waals surface area contributed by atoms with Crippen LogP contribution in [0.1, 0.15) is 18.3 Å². The summed E-state index contributed by atoms with van der Waals surface area (Å²) in [4.78, 5) is 31.3. The molecule has 0 aliphatic rings. The average Bonchev–Trinajstić information content (AvgIpc) is 2.62. The van der Waals surface area contributed by atoms with Crippen molar-refractivity contribution < 1.29 is 4.79 Å². The van der Waals surface area contributed by atoms with Crippen molar-refractivity contribution in [3.05, 3.63) is 69.7 Å². The second-order valence-corrected chi connectivity index (χ2v) is 6.59. The van der Waals surface area contributed by atoms with Crippen molar-refractivity contribution in [1.29, 1.82) is 0 Å². The summed E-state index contributed by atoms with van der Waals surface area (Å²) in [5.74, 6) is 0.184. The number of carbonyl (C=O) groups is 1. The third-order valence-electron chi connectivity index (χ3n) is 4.11. The van der Waals surface area contributed by atoms with E-state index in [1.54, 1.807) is 44.4 Å². The number of aromatic nitrogens is 2. The molecule has 0 saturated carbocycles. The van der Waals surface area contributed by atoms with E-state index in [0.29, 0.717) is 27.4 Å². The van der Waals surface area contributed by atoms with Crippen molar-refractivity contribution in [2.45, 2.75) is 12.5 Å². The number of benzene rings is 2. The van der Waals surface area contributed by atoms with Crippen LogP contribution in [0.5, 0.6) is 0 Å². The van der Waals surface area contributed by atoms with E-state index in [0.717, 1.165) is 0 Å². The molecule has 0 saturated heterocycles. The van der Waals surface area contributed by atoms with Crippen LogP contribution in [0.25, 0.3) is 16.6 Å². The third kappa shape index (κ3) is 3.34. The SMILES string of the molecule is CN(C)C(=O)C[C@H](N)c1nc2cccc(Cl)c2c(=O)n1-c1ccccc1. The molecule has 0 aliphatic heterocycles. The Morgan fingerprint density at radius 1 is 1.19 bits per heavy atom. The lowest BCUT2D eigenvalue weighted by atomic mass is 10.1. The largest absolute Gasteiger partial charge is 0.349 e. The van der Waals surface area contributed by atoms with Gasteiger partial charge in [0.25, 0.3) is 5.56 Å².